The Bertz CT molecular complexity index is 2610. The third-order valence-corrected chi connectivity index (χ3v) is 12.3. The highest BCUT2D eigenvalue weighted by atomic mass is 16.2. The molecule has 0 aliphatic heterocycles. The van der Waals surface area contributed by atoms with E-state index in [9.17, 15) is 4.79 Å². The number of hydrogen-bond donors (Lipinski definition) is 1. The highest BCUT2D eigenvalue weighted by molar-refractivity contribution is 5.94. The Morgan fingerprint density at radius 1 is 0.738 bits per heavy atom. The lowest BCUT2D eigenvalue weighted by molar-refractivity contribution is 0.239. The lowest BCUT2D eigenvalue weighted by atomic mass is 9.77. The van der Waals surface area contributed by atoms with Gasteiger partial charge in [-0.1, -0.05) is 172 Å². The van der Waals surface area contributed by atoms with E-state index in [4.69, 9.17) is 15.3 Å². The molecule has 6 aromatic carbocycles. The third kappa shape index (κ3) is 7.84. The maximum Gasteiger partial charge on any atom is 0.321 e. The van der Waals surface area contributed by atoms with E-state index in [1.54, 1.807) is 4.90 Å². The number of hydrogen-bond acceptors (Lipinski definition) is 5. The van der Waals surface area contributed by atoms with Crippen LogP contribution in [0.3, 0.4) is 0 Å². The van der Waals surface area contributed by atoms with Gasteiger partial charge in [0.15, 0.2) is 5.82 Å². The van der Waals surface area contributed by atoms with Gasteiger partial charge in [0.05, 0.1) is 11.0 Å². The summed E-state index contributed by atoms with van der Waals surface area (Å²) in [5.41, 5.74) is 9.32. The van der Waals surface area contributed by atoms with Crippen molar-refractivity contribution in [2.45, 2.75) is 76.4 Å². The van der Waals surface area contributed by atoms with Gasteiger partial charge in [0, 0.05) is 37.3 Å². The van der Waals surface area contributed by atoms with Crippen molar-refractivity contribution in [2.75, 3.05) is 11.9 Å². The van der Waals surface area contributed by atoms with Crippen LogP contribution in [0.25, 0.3) is 33.5 Å². The molecule has 0 radical (unpaired) electrons. The average molecular weight is 805 g/mol. The topological polar surface area (TPSA) is 93.8 Å². The van der Waals surface area contributed by atoms with E-state index < -0.39 is 5.54 Å². The molecule has 2 aromatic heterocycles. The zero-order valence-corrected chi connectivity index (χ0v) is 35.0. The Morgan fingerprint density at radius 2 is 1.34 bits per heavy atom. The van der Waals surface area contributed by atoms with Crippen molar-refractivity contribution in [3.05, 3.63) is 186 Å². The van der Waals surface area contributed by atoms with E-state index in [1.165, 1.54) is 24.8 Å². The van der Waals surface area contributed by atoms with Crippen molar-refractivity contribution in [2.24, 2.45) is 0 Å². The molecule has 1 aliphatic rings. The van der Waals surface area contributed by atoms with Crippen LogP contribution in [-0.2, 0) is 18.5 Å². The van der Waals surface area contributed by atoms with Crippen LogP contribution in [0.5, 0.6) is 0 Å². The van der Waals surface area contributed by atoms with Gasteiger partial charge in [0.25, 0.3) is 0 Å². The highest BCUT2D eigenvalue weighted by Gasteiger charge is 2.42. The number of aromatic nitrogens is 6. The predicted molar refractivity (Wildman–Crippen MR) is 245 cm³/mol. The molecule has 9 heteroatoms. The molecule has 0 saturated heterocycles. The SMILES string of the molecule is CCCCc1nc2cc(N(C)C(=O)NC3CCCCC3)ccc2n1Cc1ccc(-c2ccccc2-c2nnnn2C(c2ccccc2)(c2ccccc2)c2ccccc2)cc1. The molecule has 9 nitrogen and oxygen atoms in total. The minimum Gasteiger partial charge on any atom is -0.335 e. The number of imidazole rings is 1. The van der Waals surface area contributed by atoms with Crippen LogP contribution >= 0.6 is 0 Å². The molecule has 1 saturated carbocycles. The van der Waals surface area contributed by atoms with E-state index in [0.29, 0.717) is 12.4 Å². The average Bonchev–Trinajstić information content (AvgIpc) is 3.95. The van der Waals surface area contributed by atoms with Gasteiger partial charge in [-0.2, -0.15) is 0 Å². The van der Waals surface area contributed by atoms with E-state index >= 15 is 0 Å². The second-order valence-corrected chi connectivity index (χ2v) is 16.2. The van der Waals surface area contributed by atoms with Crippen LogP contribution in [0.2, 0.25) is 0 Å². The zero-order chi connectivity index (χ0) is 41.6. The number of unbranched alkanes of at least 4 members (excludes halogenated alkanes) is 1. The van der Waals surface area contributed by atoms with Crippen molar-refractivity contribution in [1.29, 1.82) is 0 Å². The summed E-state index contributed by atoms with van der Waals surface area (Å²) in [6, 6.07) is 55.1. The Morgan fingerprint density at radius 3 is 1.97 bits per heavy atom. The molecule has 0 bridgehead atoms. The first-order valence-electron chi connectivity index (χ1n) is 21.7. The third-order valence-electron chi connectivity index (χ3n) is 12.3. The number of anilines is 1. The van der Waals surface area contributed by atoms with Gasteiger partial charge in [0.2, 0.25) is 0 Å². The van der Waals surface area contributed by atoms with E-state index in [1.807, 2.05) is 36.0 Å². The highest BCUT2D eigenvalue weighted by Crippen LogP contribution is 2.43. The molecule has 8 aromatic rings. The first-order valence-corrected chi connectivity index (χ1v) is 21.7. The van der Waals surface area contributed by atoms with Crippen molar-refractivity contribution in [3.63, 3.8) is 0 Å². The quantitative estimate of drug-likeness (QED) is 0.117. The fourth-order valence-electron chi connectivity index (χ4n) is 9.10. The number of benzene rings is 6. The fourth-order valence-corrected chi connectivity index (χ4v) is 9.10. The van der Waals surface area contributed by atoms with E-state index in [0.717, 1.165) is 88.0 Å². The fraction of sp³-hybridized carbons (Fsp3) is 0.250. The van der Waals surface area contributed by atoms with Crippen LogP contribution in [0.15, 0.2) is 158 Å². The molecule has 0 spiro atoms. The number of aryl methyl sites for hydroxylation is 1. The molecular formula is C52H52N8O. The zero-order valence-electron chi connectivity index (χ0n) is 35.0. The van der Waals surface area contributed by atoms with Crippen LogP contribution in [0, 0.1) is 0 Å². The van der Waals surface area contributed by atoms with Gasteiger partial charge < -0.3 is 9.88 Å². The first kappa shape index (κ1) is 39.6. The molecule has 9 rings (SSSR count). The maximum absolute atomic E-state index is 13.2. The summed E-state index contributed by atoms with van der Waals surface area (Å²) in [6.45, 7) is 2.89. The van der Waals surface area contributed by atoms with E-state index in [2.05, 4.69) is 155 Å². The largest absolute Gasteiger partial charge is 0.335 e. The lowest BCUT2D eigenvalue weighted by Gasteiger charge is -2.36. The molecule has 2 amide bonds. The molecule has 0 atom stereocenters. The van der Waals surface area contributed by atoms with E-state index in [-0.39, 0.29) is 12.1 Å². The van der Waals surface area contributed by atoms with Gasteiger partial charge in [-0.3, -0.25) is 4.90 Å². The number of fused-ring (bicyclic) bond motifs is 1. The van der Waals surface area contributed by atoms with Crippen molar-refractivity contribution in [1.82, 2.24) is 35.1 Å². The number of nitrogens with zero attached hydrogens (tertiary/aromatic N) is 7. The molecule has 0 unspecified atom stereocenters. The number of urea groups is 1. The van der Waals surface area contributed by atoms with Crippen LogP contribution in [-0.4, -0.2) is 48.9 Å². The number of carbonyl (C=O) groups is 1. The van der Waals surface area contributed by atoms with Gasteiger partial charge >= 0.3 is 6.03 Å². The summed E-state index contributed by atoms with van der Waals surface area (Å²) >= 11 is 0. The van der Waals surface area contributed by atoms with Crippen molar-refractivity contribution < 1.29 is 4.79 Å². The summed E-state index contributed by atoms with van der Waals surface area (Å²) in [5, 5.41) is 17.2. The minimum absolute atomic E-state index is 0.0574. The standard InChI is InChI=1S/C52H52N8O/c1-3-4-29-49-54-47-36-44(58(2)51(61)53-43-25-15-8-16-26-43)34-35-48(47)59(49)37-38-30-32-39(33-31-38)45-27-17-18-28-46(45)50-55-56-57-60(50)52(40-19-9-5-10-20-40,41-21-11-6-12-22-41)42-23-13-7-14-24-42/h5-7,9-14,17-24,27-28,30-36,43H,3-4,8,15-16,25-26,29,37H2,1-2H3,(H,53,61). The normalized spacial score (nSPS) is 13.3. The van der Waals surface area contributed by atoms with Gasteiger partial charge in [-0.15, -0.1) is 5.10 Å². The molecular weight excluding hydrogens is 753 g/mol. The molecule has 2 heterocycles. The van der Waals surface area contributed by atoms with Crippen molar-refractivity contribution in [3.8, 4) is 22.5 Å². The summed E-state index contributed by atoms with van der Waals surface area (Å²) in [7, 11) is 1.85. The Kier molecular flexibility index (Phi) is 11.5. The van der Waals surface area contributed by atoms with Gasteiger partial charge in [-0.25, -0.2) is 14.5 Å². The van der Waals surface area contributed by atoms with Crippen LogP contribution in [0.4, 0.5) is 10.5 Å². The Hall–Kier alpha value is -6.87. The number of tetrazole rings is 1. The summed E-state index contributed by atoms with van der Waals surface area (Å²) in [4.78, 5) is 20.1. The van der Waals surface area contributed by atoms with Gasteiger partial charge in [0.1, 0.15) is 11.4 Å². The summed E-state index contributed by atoms with van der Waals surface area (Å²) in [6.07, 6.45) is 8.73. The van der Waals surface area contributed by atoms with Gasteiger partial charge in [-0.05, 0) is 81.3 Å². The van der Waals surface area contributed by atoms with Crippen LogP contribution < -0.4 is 10.2 Å². The molecule has 1 fully saturated rings. The summed E-state index contributed by atoms with van der Waals surface area (Å²) < 4.78 is 4.33. The monoisotopic (exact) mass is 804 g/mol. The predicted octanol–water partition coefficient (Wildman–Crippen LogP) is 11.1. The molecule has 1 N–H and O–H groups in total. The maximum atomic E-state index is 13.2. The number of carbonyl (C=O) groups excluding carboxylic acids is 1. The number of amides is 2. The smallest absolute Gasteiger partial charge is 0.321 e. The first-order chi connectivity index (χ1) is 30.0. The second kappa shape index (κ2) is 17.8. The lowest BCUT2D eigenvalue weighted by Crippen LogP contribution is -2.43. The number of nitrogens with one attached hydrogen (secondary N) is 1. The molecule has 306 valence electrons. The van der Waals surface area contributed by atoms with Crippen LogP contribution in [0.1, 0.15) is 79.9 Å². The molecule has 61 heavy (non-hydrogen) atoms. The molecule has 1 aliphatic carbocycles. The Labute approximate surface area is 358 Å². The number of rotatable bonds is 13. The second-order valence-electron chi connectivity index (χ2n) is 16.2. The van der Waals surface area contributed by atoms with Crippen molar-refractivity contribution >= 4 is 22.8 Å². The Balaban J connectivity index is 1.05. The minimum atomic E-state index is -0.861. The summed E-state index contributed by atoms with van der Waals surface area (Å²) in [5.74, 6) is 1.72.